The number of carbonyl (C=O) groups is 2. The molecule has 0 spiro atoms. The van der Waals surface area contributed by atoms with Crippen molar-refractivity contribution in [1.82, 2.24) is 10.2 Å². The fraction of sp³-hybridized carbons (Fsp3) is 0.846. The summed E-state index contributed by atoms with van der Waals surface area (Å²) in [7, 11) is 1.62. The number of piperidine rings is 1. The molecule has 0 radical (unpaired) electrons. The zero-order chi connectivity index (χ0) is 14.1. The molecular weight excluding hydrogens is 248 g/mol. The standard InChI is InChI=1S/C13H24N2O4/c1-3-19-13(17)11-6-4-5-8-15(11)12(16)10-14-7-9-18-2/h11,14H,3-10H2,1-2H3. The summed E-state index contributed by atoms with van der Waals surface area (Å²) in [6, 6.07) is -0.412. The largest absolute Gasteiger partial charge is 0.464 e. The highest BCUT2D eigenvalue weighted by Gasteiger charge is 2.32. The Morgan fingerprint density at radius 3 is 2.84 bits per heavy atom. The van der Waals surface area contributed by atoms with Crippen LogP contribution in [-0.2, 0) is 19.1 Å². The molecule has 0 aliphatic carbocycles. The molecule has 6 nitrogen and oxygen atoms in total. The minimum absolute atomic E-state index is 0.0474. The fourth-order valence-corrected chi connectivity index (χ4v) is 2.18. The summed E-state index contributed by atoms with van der Waals surface area (Å²) < 4.78 is 9.93. The Morgan fingerprint density at radius 1 is 1.37 bits per heavy atom. The van der Waals surface area contributed by atoms with Crippen LogP contribution in [-0.4, -0.2) is 62.8 Å². The smallest absolute Gasteiger partial charge is 0.328 e. The molecule has 0 aromatic carbocycles. The van der Waals surface area contributed by atoms with Crippen molar-refractivity contribution < 1.29 is 19.1 Å². The number of carbonyl (C=O) groups excluding carboxylic acids is 2. The van der Waals surface area contributed by atoms with E-state index < -0.39 is 6.04 Å². The van der Waals surface area contributed by atoms with Gasteiger partial charge in [-0.15, -0.1) is 0 Å². The number of nitrogens with one attached hydrogen (secondary N) is 1. The maximum Gasteiger partial charge on any atom is 0.328 e. The van der Waals surface area contributed by atoms with Crippen LogP contribution in [0.1, 0.15) is 26.2 Å². The summed E-state index contributed by atoms with van der Waals surface area (Å²) in [6.45, 7) is 4.19. The van der Waals surface area contributed by atoms with Crippen molar-refractivity contribution in [2.24, 2.45) is 0 Å². The number of hydrogen-bond donors (Lipinski definition) is 1. The van der Waals surface area contributed by atoms with Crippen LogP contribution in [0.2, 0.25) is 0 Å². The number of esters is 1. The van der Waals surface area contributed by atoms with Crippen LogP contribution in [0.5, 0.6) is 0 Å². The highest BCUT2D eigenvalue weighted by Crippen LogP contribution is 2.18. The molecule has 0 aromatic heterocycles. The summed E-state index contributed by atoms with van der Waals surface area (Å²) in [5, 5.41) is 3.01. The maximum atomic E-state index is 12.1. The minimum atomic E-state index is -0.412. The molecular formula is C13H24N2O4. The highest BCUT2D eigenvalue weighted by atomic mass is 16.5. The molecule has 1 heterocycles. The van der Waals surface area contributed by atoms with Gasteiger partial charge in [0.2, 0.25) is 5.91 Å². The van der Waals surface area contributed by atoms with Crippen molar-refractivity contribution in [3.05, 3.63) is 0 Å². The van der Waals surface area contributed by atoms with Gasteiger partial charge in [-0.3, -0.25) is 4.79 Å². The van der Waals surface area contributed by atoms with Crippen LogP contribution in [0.4, 0.5) is 0 Å². The molecule has 1 atom stereocenters. The zero-order valence-corrected chi connectivity index (χ0v) is 11.8. The minimum Gasteiger partial charge on any atom is -0.464 e. The molecule has 1 rings (SSSR count). The monoisotopic (exact) mass is 272 g/mol. The Bertz CT molecular complexity index is 296. The number of hydrogen-bond acceptors (Lipinski definition) is 5. The number of ether oxygens (including phenoxy) is 2. The molecule has 1 fully saturated rings. The summed E-state index contributed by atoms with van der Waals surface area (Å²) in [4.78, 5) is 25.6. The third-order valence-corrected chi connectivity index (χ3v) is 3.14. The molecule has 0 bridgehead atoms. The lowest BCUT2D eigenvalue weighted by atomic mass is 10.0. The number of amides is 1. The van der Waals surface area contributed by atoms with E-state index in [2.05, 4.69) is 5.32 Å². The predicted molar refractivity (Wildman–Crippen MR) is 70.7 cm³/mol. The average Bonchev–Trinajstić information content (AvgIpc) is 2.43. The molecule has 1 saturated heterocycles. The van der Waals surface area contributed by atoms with Gasteiger partial charge in [-0.2, -0.15) is 0 Å². The highest BCUT2D eigenvalue weighted by molar-refractivity contribution is 5.85. The lowest BCUT2D eigenvalue weighted by molar-refractivity contribution is -0.156. The van der Waals surface area contributed by atoms with E-state index in [4.69, 9.17) is 9.47 Å². The Morgan fingerprint density at radius 2 is 2.16 bits per heavy atom. The number of likely N-dealkylation sites (tertiary alicyclic amines) is 1. The van der Waals surface area contributed by atoms with Crippen molar-refractivity contribution >= 4 is 11.9 Å². The molecule has 1 aliphatic rings. The average molecular weight is 272 g/mol. The van der Waals surface area contributed by atoms with Crippen molar-refractivity contribution in [3.63, 3.8) is 0 Å². The van der Waals surface area contributed by atoms with Crippen LogP contribution >= 0.6 is 0 Å². The first-order chi connectivity index (χ1) is 9.20. The maximum absolute atomic E-state index is 12.1. The molecule has 6 heteroatoms. The van der Waals surface area contributed by atoms with Crippen LogP contribution in [0, 0.1) is 0 Å². The van der Waals surface area contributed by atoms with Gasteiger partial charge in [0.05, 0.1) is 19.8 Å². The van der Waals surface area contributed by atoms with Gasteiger partial charge < -0.3 is 19.7 Å². The predicted octanol–water partition coefficient (Wildman–Crippen LogP) is 0.167. The van der Waals surface area contributed by atoms with E-state index in [1.54, 1.807) is 18.9 Å². The fourth-order valence-electron chi connectivity index (χ4n) is 2.18. The second-order valence-electron chi connectivity index (χ2n) is 4.52. The molecule has 1 amide bonds. The Labute approximate surface area is 114 Å². The van der Waals surface area contributed by atoms with Crippen molar-refractivity contribution in [1.29, 1.82) is 0 Å². The first kappa shape index (κ1) is 15.9. The molecule has 0 aromatic rings. The molecule has 19 heavy (non-hydrogen) atoms. The lowest BCUT2D eigenvalue weighted by Gasteiger charge is -2.34. The Hall–Kier alpha value is -1.14. The number of nitrogens with zero attached hydrogens (tertiary/aromatic N) is 1. The SMILES string of the molecule is CCOC(=O)C1CCCCN1C(=O)CNCCOC. The lowest BCUT2D eigenvalue weighted by Crippen LogP contribution is -2.51. The van der Waals surface area contributed by atoms with Crippen molar-refractivity contribution in [2.75, 3.05) is 40.0 Å². The van der Waals surface area contributed by atoms with Crippen LogP contribution in [0.15, 0.2) is 0 Å². The summed E-state index contributed by atoms with van der Waals surface area (Å²) in [5.74, 6) is -0.332. The van der Waals surface area contributed by atoms with Gasteiger partial charge in [-0.25, -0.2) is 4.79 Å². The second kappa shape index (κ2) is 8.87. The quantitative estimate of drug-likeness (QED) is 0.528. The zero-order valence-electron chi connectivity index (χ0n) is 11.8. The van der Waals surface area contributed by atoms with Gasteiger partial charge >= 0.3 is 5.97 Å². The number of methoxy groups -OCH3 is 1. The van der Waals surface area contributed by atoms with E-state index in [0.717, 1.165) is 12.8 Å². The molecule has 0 saturated carbocycles. The molecule has 1 unspecified atom stereocenters. The first-order valence-corrected chi connectivity index (χ1v) is 6.86. The van der Waals surface area contributed by atoms with Gasteiger partial charge in [0.15, 0.2) is 0 Å². The Kier molecular flexibility index (Phi) is 7.43. The van der Waals surface area contributed by atoms with Crippen LogP contribution in [0.3, 0.4) is 0 Å². The summed E-state index contributed by atoms with van der Waals surface area (Å²) >= 11 is 0. The van der Waals surface area contributed by atoms with E-state index >= 15 is 0 Å². The van der Waals surface area contributed by atoms with E-state index in [9.17, 15) is 9.59 Å². The van der Waals surface area contributed by atoms with Gasteiger partial charge in [-0.1, -0.05) is 0 Å². The second-order valence-corrected chi connectivity index (χ2v) is 4.52. The van der Waals surface area contributed by atoms with Crippen molar-refractivity contribution in [3.8, 4) is 0 Å². The van der Waals surface area contributed by atoms with Gasteiger partial charge in [-0.05, 0) is 26.2 Å². The third kappa shape index (κ3) is 5.16. The van der Waals surface area contributed by atoms with Crippen LogP contribution in [0.25, 0.3) is 0 Å². The van der Waals surface area contributed by atoms with E-state index in [0.29, 0.717) is 32.7 Å². The van der Waals surface area contributed by atoms with Gasteiger partial charge in [0.25, 0.3) is 0 Å². The third-order valence-electron chi connectivity index (χ3n) is 3.14. The van der Waals surface area contributed by atoms with E-state index in [1.165, 1.54) is 0 Å². The van der Waals surface area contributed by atoms with Gasteiger partial charge in [0.1, 0.15) is 6.04 Å². The van der Waals surface area contributed by atoms with Crippen molar-refractivity contribution in [2.45, 2.75) is 32.2 Å². The molecule has 110 valence electrons. The van der Waals surface area contributed by atoms with E-state index in [1.807, 2.05) is 0 Å². The van der Waals surface area contributed by atoms with Gasteiger partial charge in [0, 0.05) is 20.2 Å². The first-order valence-electron chi connectivity index (χ1n) is 6.86. The van der Waals surface area contributed by atoms with E-state index in [-0.39, 0.29) is 18.4 Å². The molecule has 1 N–H and O–H groups in total. The van der Waals surface area contributed by atoms with Crippen LogP contribution < -0.4 is 5.32 Å². The molecule has 1 aliphatic heterocycles. The summed E-state index contributed by atoms with van der Waals surface area (Å²) in [6.07, 6.45) is 2.60. The summed E-state index contributed by atoms with van der Waals surface area (Å²) in [5.41, 5.74) is 0. The number of rotatable bonds is 7. The Balaban J connectivity index is 2.46. The topological polar surface area (TPSA) is 67.9 Å². The normalized spacial score (nSPS) is 19.3.